The van der Waals surface area contributed by atoms with Crippen molar-refractivity contribution in [2.24, 2.45) is 7.05 Å². The van der Waals surface area contributed by atoms with Crippen LogP contribution in [0.3, 0.4) is 0 Å². The molecule has 6 nitrogen and oxygen atoms in total. The van der Waals surface area contributed by atoms with Crippen LogP contribution in [0.25, 0.3) is 0 Å². The lowest BCUT2D eigenvalue weighted by Crippen LogP contribution is -2.37. The first-order valence-corrected chi connectivity index (χ1v) is 9.02. The van der Waals surface area contributed by atoms with Crippen LogP contribution in [-0.4, -0.2) is 40.9 Å². The zero-order valence-electron chi connectivity index (χ0n) is 12.9. The molecule has 7 heteroatoms. The fourth-order valence-electron chi connectivity index (χ4n) is 3.02. The van der Waals surface area contributed by atoms with Crippen LogP contribution >= 0.6 is 0 Å². The lowest BCUT2D eigenvalue weighted by Gasteiger charge is -2.23. The maximum atomic E-state index is 12.8. The van der Waals surface area contributed by atoms with Gasteiger partial charge < -0.3 is 0 Å². The molecule has 0 bridgehead atoms. The van der Waals surface area contributed by atoms with Crippen LogP contribution in [0.4, 0.5) is 0 Å². The Kier molecular flexibility index (Phi) is 4.32. The molecule has 0 spiro atoms. The highest BCUT2D eigenvalue weighted by Crippen LogP contribution is 2.28. The van der Waals surface area contributed by atoms with Crippen molar-refractivity contribution < 1.29 is 13.2 Å². The molecule has 2 heterocycles. The first kappa shape index (κ1) is 15.9. The van der Waals surface area contributed by atoms with Crippen molar-refractivity contribution in [3.63, 3.8) is 0 Å². The van der Waals surface area contributed by atoms with Gasteiger partial charge in [-0.25, -0.2) is 8.42 Å². The highest BCUT2D eigenvalue weighted by molar-refractivity contribution is 7.89. The number of hydrogen-bond donors (Lipinski definition) is 0. The van der Waals surface area contributed by atoms with Gasteiger partial charge in [-0.15, -0.1) is 0 Å². The average molecular weight is 333 g/mol. The van der Waals surface area contributed by atoms with Crippen molar-refractivity contribution in [3.05, 3.63) is 48.2 Å². The zero-order chi connectivity index (χ0) is 16.4. The number of Topliss-reactive ketones (excluding diaryl/α,β-unsaturated/α-hetero) is 1. The van der Waals surface area contributed by atoms with Crippen LogP contribution in [0.2, 0.25) is 0 Å². The van der Waals surface area contributed by atoms with E-state index in [1.807, 2.05) is 18.2 Å². The Morgan fingerprint density at radius 3 is 2.65 bits per heavy atom. The minimum absolute atomic E-state index is 0.0253. The van der Waals surface area contributed by atoms with Gasteiger partial charge in [-0.2, -0.15) is 9.40 Å². The van der Waals surface area contributed by atoms with E-state index in [-0.39, 0.29) is 23.3 Å². The maximum Gasteiger partial charge on any atom is 0.260 e. The molecule has 0 N–H and O–H groups in total. The van der Waals surface area contributed by atoms with E-state index in [0.29, 0.717) is 18.5 Å². The molecule has 1 aromatic heterocycles. The molecule has 0 aliphatic carbocycles. The van der Waals surface area contributed by atoms with Gasteiger partial charge in [0.25, 0.3) is 10.0 Å². The SMILES string of the molecule is Cn1nccc1S(=O)(=O)N1CCCC1CC(=O)c1ccccc1. The third-order valence-corrected chi connectivity index (χ3v) is 6.22. The smallest absolute Gasteiger partial charge is 0.260 e. The van der Waals surface area contributed by atoms with E-state index in [2.05, 4.69) is 5.10 Å². The normalized spacial score (nSPS) is 19.1. The third kappa shape index (κ3) is 3.07. The summed E-state index contributed by atoms with van der Waals surface area (Å²) in [5.41, 5.74) is 0.622. The number of hydrogen-bond acceptors (Lipinski definition) is 4. The Labute approximate surface area is 135 Å². The maximum absolute atomic E-state index is 12.8. The van der Waals surface area contributed by atoms with Crippen LogP contribution in [0, 0.1) is 0 Å². The number of aromatic nitrogens is 2. The number of carbonyl (C=O) groups excluding carboxylic acids is 1. The molecule has 1 fully saturated rings. The second-order valence-electron chi connectivity index (χ2n) is 5.70. The lowest BCUT2D eigenvalue weighted by molar-refractivity contribution is 0.0961. The van der Waals surface area contributed by atoms with E-state index >= 15 is 0 Å². The number of aryl methyl sites for hydroxylation is 1. The molecule has 0 saturated carbocycles. The predicted octanol–water partition coefficient (Wildman–Crippen LogP) is 1.85. The standard InChI is InChI=1S/C16H19N3O3S/c1-18-16(9-10-17-18)23(21,22)19-11-5-8-14(19)12-15(20)13-6-3-2-4-7-13/h2-4,6-7,9-10,14H,5,8,11-12H2,1H3. The van der Waals surface area contributed by atoms with Gasteiger partial charge in [-0.05, 0) is 18.9 Å². The monoisotopic (exact) mass is 333 g/mol. The van der Waals surface area contributed by atoms with Gasteiger partial charge in [0.2, 0.25) is 0 Å². The van der Waals surface area contributed by atoms with Crippen LogP contribution in [-0.2, 0) is 17.1 Å². The van der Waals surface area contributed by atoms with Gasteiger partial charge >= 0.3 is 0 Å². The summed E-state index contributed by atoms with van der Waals surface area (Å²) in [5, 5.41) is 4.10. The number of ketones is 1. The molecule has 1 aliphatic heterocycles. The van der Waals surface area contributed by atoms with Gasteiger partial charge in [-0.3, -0.25) is 9.48 Å². The van der Waals surface area contributed by atoms with Crippen molar-refractivity contribution >= 4 is 15.8 Å². The van der Waals surface area contributed by atoms with Gasteiger partial charge in [0.05, 0.1) is 6.20 Å². The van der Waals surface area contributed by atoms with E-state index in [9.17, 15) is 13.2 Å². The molecule has 3 rings (SSSR count). The molecule has 1 unspecified atom stereocenters. The Balaban J connectivity index is 1.81. The van der Waals surface area contributed by atoms with Crippen molar-refractivity contribution in [2.75, 3.05) is 6.54 Å². The topological polar surface area (TPSA) is 72.3 Å². The summed E-state index contributed by atoms with van der Waals surface area (Å²) in [4.78, 5) is 12.4. The van der Waals surface area contributed by atoms with Crippen LogP contribution in [0.5, 0.6) is 0 Å². The van der Waals surface area contributed by atoms with Crippen LogP contribution in [0.15, 0.2) is 47.6 Å². The summed E-state index contributed by atoms with van der Waals surface area (Å²) in [6.07, 6.45) is 3.15. The highest BCUT2D eigenvalue weighted by Gasteiger charge is 2.37. The molecule has 1 aliphatic rings. The Morgan fingerprint density at radius 2 is 2.00 bits per heavy atom. The van der Waals surface area contributed by atoms with E-state index < -0.39 is 10.0 Å². The first-order valence-electron chi connectivity index (χ1n) is 7.58. The molecule has 122 valence electrons. The summed E-state index contributed by atoms with van der Waals surface area (Å²) >= 11 is 0. The second kappa shape index (κ2) is 6.25. The summed E-state index contributed by atoms with van der Waals surface area (Å²) in [7, 11) is -2.02. The molecule has 2 aromatic rings. The minimum Gasteiger partial charge on any atom is -0.294 e. The van der Waals surface area contributed by atoms with E-state index in [0.717, 1.165) is 6.42 Å². The molecule has 1 aromatic carbocycles. The van der Waals surface area contributed by atoms with E-state index in [4.69, 9.17) is 0 Å². The number of rotatable bonds is 5. The molecule has 23 heavy (non-hydrogen) atoms. The zero-order valence-corrected chi connectivity index (χ0v) is 13.7. The Morgan fingerprint density at radius 1 is 1.26 bits per heavy atom. The molecule has 0 radical (unpaired) electrons. The summed E-state index contributed by atoms with van der Waals surface area (Å²) in [5.74, 6) is -0.0253. The summed E-state index contributed by atoms with van der Waals surface area (Å²) in [6.45, 7) is 0.445. The summed E-state index contributed by atoms with van der Waals surface area (Å²) < 4.78 is 28.4. The molecule has 1 atom stereocenters. The highest BCUT2D eigenvalue weighted by atomic mass is 32.2. The van der Waals surface area contributed by atoms with Gasteiger partial charge in [0.1, 0.15) is 0 Å². The van der Waals surface area contributed by atoms with Gasteiger partial charge in [0.15, 0.2) is 10.8 Å². The molecular weight excluding hydrogens is 314 g/mol. The average Bonchev–Trinajstić information content (AvgIpc) is 3.17. The molecule has 1 saturated heterocycles. The largest absolute Gasteiger partial charge is 0.294 e. The van der Waals surface area contributed by atoms with Crippen LogP contribution in [0.1, 0.15) is 29.6 Å². The second-order valence-corrected chi connectivity index (χ2v) is 7.54. The number of carbonyl (C=O) groups is 1. The molecule has 0 amide bonds. The molecular formula is C16H19N3O3S. The van der Waals surface area contributed by atoms with Crippen molar-refractivity contribution in [3.8, 4) is 0 Å². The lowest BCUT2D eigenvalue weighted by atomic mass is 10.0. The number of benzene rings is 1. The van der Waals surface area contributed by atoms with Gasteiger partial charge in [0, 0.05) is 31.6 Å². The Bertz CT molecular complexity index is 799. The third-order valence-electron chi connectivity index (χ3n) is 4.19. The van der Waals surface area contributed by atoms with Gasteiger partial charge in [-0.1, -0.05) is 30.3 Å². The van der Waals surface area contributed by atoms with Crippen molar-refractivity contribution in [1.82, 2.24) is 14.1 Å². The fourth-order valence-corrected chi connectivity index (χ4v) is 4.82. The van der Waals surface area contributed by atoms with Crippen LogP contribution < -0.4 is 0 Å². The Hall–Kier alpha value is -1.99. The predicted molar refractivity (Wildman–Crippen MR) is 85.5 cm³/mol. The summed E-state index contributed by atoms with van der Waals surface area (Å²) in [6, 6.07) is 10.2. The van der Waals surface area contributed by atoms with Crippen molar-refractivity contribution in [1.29, 1.82) is 0 Å². The number of nitrogens with zero attached hydrogens (tertiary/aromatic N) is 3. The number of sulfonamides is 1. The van der Waals surface area contributed by atoms with E-state index in [1.165, 1.54) is 21.3 Å². The quantitative estimate of drug-likeness (QED) is 0.783. The minimum atomic E-state index is -3.62. The fraction of sp³-hybridized carbons (Fsp3) is 0.375. The first-order chi connectivity index (χ1) is 11.0. The van der Waals surface area contributed by atoms with Crippen molar-refractivity contribution in [2.45, 2.75) is 30.3 Å². The van der Waals surface area contributed by atoms with E-state index in [1.54, 1.807) is 19.2 Å².